The summed E-state index contributed by atoms with van der Waals surface area (Å²) >= 11 is 3.48. The lowest BCUT2D eigenvalue weighted by Crippen LogP contribution is -2.46. The maximum atomic E-state index is 13.9. The Morgan fingerprint density at radius 1 is 1.22 bits per heavy atom. The van der Waals surface area contributed by atoms with Gasteiger partial charge < -0.3 is 15.5 Å². The second-order valence-electron chi connectivity index (χ2n) is 10.0. The molecule has 3 atom stereocenters. The molecule has 2 aromatic heterocycles. The van der Waals surface area contributed by atoms with E-state index in [1.165, 1.54) is 0 Å². The van der Waals surface area contributed by atoms with Gasteiger partial charge in [0.15, 0.2) is 11.5 Å². The van der Waals surface area contributed by atoms with E-state index >= 15 is 0 Å². The van der Waals surface area contributed by atoms with Crippen LogP contribution in [0.3, 0.4) is 0 Å². The highest BCUT2D eigenvalue weighted by Crippen LogP contribution is 2.35. The van der Waals surface area contributed by atoms with Crippen LogP contribution < -0.4 is 15.4 Å². The summed E-state index contributed by atoms with van der Waals surface area (Å²) in [6.07, 6.45) is 6.43. The van der Waals surface area contributed by atoms with Gasteiger partial charge in [-0.3, -0.25) is 4.79 Å². The number of nitrogens with zero attached hydrogens (tertiary/aromatic N) is 5. The van der Waals surface area contributed by atoms with Crippen LogP contribution in [0.2, 0.25) is 0 Å². The lowest BCUT2D eigenvalue weighted by molar-refractivity contribution is -0.137. The summed E-state index contributed by atoms with van der Waals surface area (Å²) in [7, 11) is -3.66. The Bertz CT molecular complexity index is 1430. The number of likely N-dealkylation sites (tertiary alicyclic amines) is 1. The highest BCUT2D eigenvalue weighted by Gasteiger charge is 2.36. The van der Waals surface area contributed by atoms with Crippen LogP contribution in [0.15, 0.2) is 41.0 Å². The standard InChI is InChI=1S/C25H32BrN7O3S/c1-16-13-22-28-20(15-33(22)29-24(16)31-12-10-17(27)14-31)21-9-5-6-11-32(21)25(34)23(30-37(2,35)36)18-7-3-4-8-19(18)26/h3-4,7-8,13,15,17,21,23,30H,5-6,9-12,14,27H2,1-2H3/t17-,21-,23?/m0/s1. The summed E-state index contributed by atoms with van der Waals surface area (Å²) in [5.41, 5.74) is 9.18. The van der Waals surface area contributed by atoms with E-state index in [-0.39, 0.29) is 18.0 Å². The van der Waals surface area contributed by atoms with E-state index in [9.17, 15) is 13.2 Å². The number of anilines is 1. The van der Waals surface area contributed by atoms with Crippen LogP contribution in [-0.2, 0) is 14.8 Å². The molecule has 1 aromatic carbocycles. The van der Waals surface area contributed by atoms with Crippen molar-refractivity contribution in [2.45, 2.75) is 50.7 Å². The van der Waals surface area contributed by atoms with Gasteiger partial charge in [0.2, 0.25) is 15.9 Å². The number of nitrogens with one attached hydrogen (secondary N) is 1. The van der Waals surface area contributed by atoms with Crippen LogP contribution in [-0.4, -0.2) is 65.8 Å². The van der Waals surface area contributed by atoms with E-state index in [1.807, 2.05) is 25.3 Å². The van der Waals surface area contributed by atoms with Crippen molar-refractivity contribution < 1.29 is 13.2 Å². The Kier molecular flexibility index (Phi) is 7.27. The molecule has 0 spiro atoms. The minimum absolute atomic E-state index is 0.148. The number of hydrogen-bond acceptors (Lipinski definition) is 7. The van der Waals surface area contributed by atoms with Crippen LogP contribution in [0.5, 0.6) is 0 Å². The maximum Gasteiger partial charge on any atom is 0.245 e. The lowest BCUT2D eigenvalue weighted by atomic mass is 9.97. The Hall–Kier alpha value is -2.54. The molecule has 3 aromatic rings. The van der Waals surface area contributed by atoms with Gasteiger partial charge in [0.05, 0.1) is 24.2 Å². The number of aryl methyl sites for hydroxylation is 1. The Morgan fingerprint density at radius 2 is 2.00 bits per heavy atom. The van der Waals surface area contributed by atoms with Crippen LogP contribution >= 0.6 is 15.9 Å². The molecule has 1 unspecified atom stereocenters. The first-order valence-corrected chi connectivity index (χ1v) is 15.2. The number of piperidine rings is 1. The van der Waals surface area contributed by atoms with E-state index in [0.29, 0.717) is 22.2 Å². The molecule has 2 aliphatic heterocycles. The number of carbonyl (C=O) groups is 1. The van der Waals surface area contributed by atoms with Crippen LogP contribution in [0.25, 0.3) is 5.65 Å². The van der Waals surface area contributed by atoms with E-state index in [0.717, 1.165) is 62.1 Å². The number of carbonyl (C=O) groups excluding carboxylic acids is 1. The highest BCUT2D eigenvalue weighted by atomic mass is 79.9. The summed E-state index contributed by atoms with van der Waals surface area (Å²) in [5.74, 6) is 0.599. The van der Waals surface area contributed by atoms with Crippen molar-refractivity contribution in [3.63, 3.8) is 0 Å². The zero-order valence-corrected chi connectivity index (χ0v) is 23.4. The minimum Gasteiger partial charge on any atom is -0.353 e. The van der Waals surface area contributed by atoms with Crippen molar-refractivity contribution in [2.24, 2.45) is 5.73 Å². The van der Waals surface area contributed by atoms with Crippen molar-refractivity contribution in [1.29, 1.82) is 0 Å². The number of halogens is 1. The normalized spacial score (nSPS) is 21.5. The SMILES string of the molecule is Cc1cc2nc([C@@H]3CCCCN3C(=O)C(NS(C)(=O)=O)c3ccccc3Br)cn2nc1N1CC[C@H](N)C1. The molecule has 12 heteroatoms. The number of fused-ring (bicyclic) bond motifs is 1. The number of imidazole rings is 1. The van der Waals surface area contributed by atoms with Crippen molar-refractivity contribution in [1.82, 2.24) is 24.2 Å². The van der Waals surface area contributed by atoms with Gasteiger partial charge in [-0.2, -0.15) is 4.72 Å². The van der Waals surface area contributed by atoms with E-state index in [2.05, 4.69) is 25.6 Å². The molecule has 0 radical (unpaired) electrons. The molecule has 4 heterocycles. The molecule has 1 amide bonds. The monoisotopic (exact) mass is 589 g/mol. The third kappa shape index (κ3) is 5.52. The molecule has 10 nitrogen and oxygen atoms in total. The molecule has 2 aliphatic rings. The third-order valence-electron chi connectivity index (χ3n) is 7.08. The molecule has 3 N–H and O–H groups in total. The average Bonchev–Trinajstić information content (AvgIpc) is 3.47. The van der Waals surface area contributed by atoms with Gasteiger partial charge in [-0.15, -0.1) is 5.10 Å². The zero-order chi connectivity index (χ0) is 26.3. The quantitative estimate of drug-likeness (QED) is 0.452. The largest absolute Gasteiger partial charge is 0.353 e. The maximum absolute atomic E-state index is 13.9. The second kappa shape index (κ2) is 10.3. The fourth-order valence-corrected chi connectivity index (χ4v) is 6.48. The van der Waals surface area contributed by atoms with E-state index in [1.54, 1.807) is 27.6 Å². The second-order valence-corrected chi connectivity index (χ2v) is 12.6. The predicted molar refractivity (Wildman–Crippen MR) is 146 cm³/mol. The lowest BCUT2D eigenvalue weighted by Gasteiger charge is -2.37. The van der Waals surface area contributed by atoms with Gasteiger partial charge in [-0.1, -0.05) is 34.1 Å². The fourth-order valence-electron chi connectivity index (χ4n) is 5.31. The van der Waals surface area contributed by atoms with E-state index < -0.39 is 16.1 Å². The molecule has 2 fully saturated rings. The van der Waals surface area contributed by atoms with E-state index in [4.69, 9.17) is 15.8 Å². The van der Waals surface area contributed by atoms with Crippen LogP contribution in [0.4, 0.5) is 5.82 Å². The number of amides is 1. The summed E-state index contributed by atoms with van der Waals surface area (Å²) < 4.78 is 29.5. The minimum atomic E-state index is -3.66. The number of nitrogens with two attached hydrogens (primary N) is 1. The molecule has 2 saturated heterocycles. The Balaban J connectivity index is 1.49. The first kappa shape index (κ1) is 26.1. The zero-order valence-electron chi connectivity index (χ0n) is 21.0. The van der Waals surface area contributed by atoms with Crippen molar-refractivity contribution in [3.8, 4) is 0 Å². The predicted octanol–water partition coefficient (Wildman–Crippen LogP) is 2.68. The molecular weight excluding hydrogens is 558 g/mol. The molecule has 198 valence electrons. The third-order valence-corrected chi connectivity index (χ3v) is 8.47. The summed E-state index contributed by atoms with van der Waals surface area (Å²) in [6, 6.07) is 8.01. The molecule has 0 aliphatic carbocycles. The van der Waals surface area contributed by atoms with Gasteiger partial charge in [-0.25, -0.2) is 17.9 Å². The highest BCUT2D eigenvalue weighted by molar-refractivity contribution is 9.10. The van der Waals surface area contributed by atoms with Gasteiger partial charge in [-0.05, 0) is 55.9 Å². The molecule has 0 saturated carbocycles. The first-order valence-electron chi connectivity index (χ1n) is 12.5. The fraction of sp³-hybridized carbons (Fsp3) is 0.480. The number of rotatable bonds is 6. The number of sulfonamides is 1. The van der Waals surface area contributed by atoms with Crippen LogP contribution in [0, 0.1) is 6.92 Å². The van der Waals surface area contributed by atoms with Gasteiger partial charge in [0.25, 0.3) is 0 Å². The number of aromatic nitrogens is 3. The average molecular weight is 591 g/mol. The Morgan fingerprint density at radius 3 is 2.70 bits per heavy atom. The Labute approximate surface area is 225 Å². The first-order chi connectivity index (χ1) is 17.6. The van der Waals surface area contributed by atoms with Crippen molar-refractivity contribution >= 4 is 43.3 Å². The van der Waals surface area contributed by atoms with Gasteiger partial charge in [0, 0.05) is 30.1 Å². The van der Waals surface area contributed by atoms with Crippen molar-refractivity contribution in [2.75, 3.05) is 30.8 Å². The van der Waals surface area contributed by atoms with Gasteiger partial charge >= 0.3 is 0 Å². The molecule has 0 bridgehead atoms. The summed E-state index contributed by atoms with van der Waals surface area (Å²) in [6.45, 7) is 4.19. The molecular formula is C25H32BrN7O3S. The molecule has 5 rings (SSSR count). The topological polar surface area (TPSA) is 126 Å². The number of hydrogen-bond donors (Lipinski definition) is 2. The molecule has 37 heavy (non-hydrogen) atoms. The summed E-state index contributed by atoms with van der Waals surface area (Å²) in [5, 5.41) is 4.84. The van der Waals surface area contributed by atoms with Crippen LogP contribution in [0.1, 0.15) is 54.6 Å². The smallest absolute Gasteiger partial charge is 0.245 e. The summed E-state index contributed by atoms with van der Waals surface area (Å²) in [4.78, 5) is 22.8. The number of benzene rings is 1. The van der Waals surface area contributed by atoms with Crippen molar-refractivity contribution in [3.05, 3.63) is 57.8 Å². The van der Waals surface area contributed by atoms with Gasteiger partial charge in [0.1, 0.15) is 6.04 Å².